The van der Waals surface area contributed by atoms with Crippen LogP contribution in [0.15, 0.2) is 29.2 Å². The van der Waals surface area contributed by atoms with E-state index in [4.69, 9.17) is 5.73 Å². The monoisotopic (exact) mass is 269 g/mol. The van der Waals surface area contributed by atoms with Crippen molar-refractivity contribution in [2.75, 3.05) is 12.8 Å². The maximum Gasteiger partial charge on any atom is 1.00 e. The summed E-state index contributed by atoms with van der Waals surface area (Å²) in [6.07, 6.45) is -1.04. The van der Waals surface area contributed by atoms with E-state index < -0.39 is 16.1 Å². The third kappa shape index (κ3) is 4.40. The van der Waals surface area contributed by atoms with E-state index in [9.17, 15) is 13.2 Å². The smallest absolute Gasteiger partial charge is 0.452 e. The summed E-state index contributed by atoms with van der Waals surface area (Å²) in [6.45, 7) is 0. The summed E-state index contributed by atoms with van der Waals surface area (Å²) in [6, 6.07) is 5.43. The molecule has 1 aromatic carbocycles. The van der Waals surface area contributed by atoms with Gasteiger partial charge in [-0.2, -0.15) is 0 Å². The standard InChI is InChI=1S/C8H10N2O4S.K/c1-14-8(11)10-15(12,13)7-4-2-6(9)3-5-7;/h2-5H,9H2,1H3,(H,10,11);/q;+1. The number of carbonyl (C=O) groups is 1. The topological polar surface area (TPSA) is 98.5 Å². The van der Waals surface area contributed by atoms with Crippen LogP contribution in [0.4, 0.5) is 10.5 Å². The van der Waals surface area contributed by atoms with Gasteiger partial charge in [-0.1, -0.05) is 0 Å². The predicted octanol–water partition coefficient (Wildman–Crippen LogP) is -2.68. The fourth-order valence-corrected chi connectivity index (χ4v) is 1.77. The van der Waals surface area contributed by atoms with Crippen LogP contribution < -0.4 is 61.8 Å². The van der Waals surface area contributed by atoms with Gasteiger partial charge < -0.3 is 10.5 Å². The van der Waals surface area contributed by atoms with E-state index in [2.05, 4.69) is 4.74 Å². The summed E-state index contributed by atoms with van der Waals surface area (Å²) < 4.78 is 28.8. The molecule has 0 aliphatic carbocycles. The number of nitrogens with one attached hydrogen (secondary N) is 1. The average Bonchev–Trinajstić information content (AvgIpc) is 2.17. The van der Waals surface area contributed by atoms with Gasteiger partial charge in [0, 0.05) is 5.69 Å². The number of methoxy groups -OCH3 is 1. The van der Waals surface area contributed by atoms with Crippen LogP contribution in [-0.4, -0.2) is 21.6 Å². The molecule has 0 radical (unpaired) electrons. The molecule has 0 atom stereocenters. The number of amides is 1. The van der Waals surface area contributed by atoms with Gasteiger partial charge in [0.25, 0.3) is 10.0 Å². The minimum atomic E-state index is -3.87. The largest absolute Gasteiger partial charge is 1.00 e. The van der Waals surface area contributed by atoms with Gasteiger partial charge >= 0.3 is 57.5 Å². The third-order valence-corrected chi connectivity index (χ3v) is 2.92. The van der Waals surface area contributed by atoms with Crippen molar-refractivity contribution >= 4 is 21.8 Å². The molecule has 1 rings (SSSR count). The fraction of sp³-hybridized carbons (Fsp3) is 0.125. The van der Waals surface area contributed by atoms with Gasteiger partial charge in [-0.25, -0.2) is 17.9 Å². The van der Waals surface area contributed by atoms with E-state index in [-0.39, 0.29) is 56.3 Å². The minimum absolute atomic E-state index is 0. The number of carbonyl (C=O) groups excluding carboxylic acids is 1. The normalized spacial score (nSPS) is 10.1. The van der Waals surface area contributed by atoms with Crippen LogP contribution in [-0.2, 0) is 14.8 Å². The molecule has 1 amide bonds. The Bertz CT molecular complexity index is 457. The number of anilines is 1. The minimum Gasteiger partial charge on any atom is -0.452 e. The summed E-state index contributed by atoms with van der Waals surface area (Å²) >= 11 is 0. The summed E-state index contributed by atoms with van der Waals surface area (Å²) in [5.41, 5.74) is 5.83. The summed E-state index contributed by atoms with van der Waals surface area (Å²) in [5.74, 6) is 0. The van der Waals surface area contributed by atoms with Gasteiger partial charge in [0.05, 0.1) is 12.0 Å². The number of rotatable bonds is 2. The molecule has 1 aromatic rings. The van der Waals surface area contributed by atoms with Crippen LogP contribution in [0.3, 0.4) is 0 Å². The van der Waals surface area contributed by atoms with Crippen molar-refractivity contribution < 1.29 is 69.3 Å². The molecule has 0 heterocycles. The molecule has 0 bridgehead atoms. The van der Waals surface area contributed by atoms with Crippen molar-refractivity contribution in [3.63, 3.8) is 0 Å². The van der Waals surface area contributed by atoms with Gasteiger partial charge in [0.2, 0.25) is 0 Å². The quantitative estimate of drug-likeness (QED) is 0.450. The number of nitrogen functional groups attached to an aromatic ring is 1. The number of hydrogen-bond acceptors (Lipinski definition) is 5. The third-order valence-electron chi connectivity index (χ3n) is 1.59. The van der Waals surface area contributed by atoms with Crippen LogP contribution in [0, 0.1) is 0 Å². The van der Waals surface area contributed by atoms with Gasteiger partial charge in [-0.05, 0) is 24.3 Å². The second-order valence-electron chi connectivity index (χ2n) is 2.67. The molecule has 0 aliphatic rings. The van der Waals surface area contributed by atoms with E-state index in [0.29, 0.717) is 5.69 Å². The Hall–Kier alpha value is -0.124. The molecule has 3 N–H and O–H groups in total. The van der Waals surface area contributed by atoms with E-state index in [1.54, 1.807) is 4.72 Å². The molecule has 0 spiro atoms. The summed E-state index contributed by atoms with van der Waals surface area (Å²) in [7, 11) is -2.79. The van der Waals surface area contributed by atoms with E-state index in [1.807, 2.05) is 0 Å². The van der Waals surface area contributed by atoms with Gasteiger partial charge in [-0.15, -0.1) is 0 Å². The Balaban J connectivity index is 0.00000225. The van der Waals surface area contributed by atoms with Crippen molar-refractivity contribution in [3.8, 4) is 0 Å². The first-order valence-corrected chi connectivity index (χ1v) is 5.40. The molecule has 0 saturated carbocycles. The molecule has 82 valence electrons. The van der Waals surface area contributed by atoms with Crippen LogP contribution in [0.2, 0.25) is 0 Å². The zero-order valence-electron chi connectivity index (χ0n) is 8.93. The van der Waals surface area contributed by atoms with Crippen LogP contribution in [0.1, 0.15) is 0 Å². The molecule has 0 aromatic heterocycles. The Labute approximate surface area is 136 Å². The van der Waals surface area contributed by atoms with E-state index >= 15 is 0 Å². The molecule has 8 heteroatoms. The first-order chi connectivity index (χ1) is 6.95. The summed E-state index contributed by atoms with van der Waals surface area (Å²) in [4.78, 5) is 10.7. The van der Waals surface area contributed by atoms with Crippen molar-refractivity contribution in [2.24, 2.45) is 0 Å². The Kier molecular flexibility index (Phi) is 6.52. The average molecular weight is 269 g/mol. The van der Waals surface area contributed by atoms with Crippen LogP contribution in [0.25, 0.3) is 0 Å². The number of ether oxygens (including phenoxy) is 1. The molecule has 0 saturated heterocycles. The number of sulfonamides is 1. The SMILES string of the molecule is COC(=O)NS(=O)(=O)c1ccc(N)cc1.[K+]. The molecule has 0 aliphatic heterocycles. The van der Waals surface area contributed by atoms with Crippen molar-refractivity contribution in [2.45, 2.75) is 4.90 Å². The number of benzene rings is 1. The molecule has 16 heavy (non-hydrogen) atoms. The molecular weight excluding hydrogens is 259 g/mol. The van der Waals surface area contributed by atoms with Crippen molar-refractivity contribution in [1.29, 1.82) is 0 Å². The Morgan fingerprint density at radius 1 is 1.31 bits per heavy atom. The fourth-order valence-electron chi connectivity index (χ4n) is 0.857. The predicted molar refractivity (Wildman–Crippen MR) is 53.6 cm³/mol. The number of hydrogen-bond donors (Lipinski definition) is 2. The van der Waals surface area contributed by atoms with Gasteiger partial charge in [-0.3, -0.25) is 0 Å². The van der Waals surface area contributed by atoms with Gasteiger partial charge in [0.15, 0.2) is 0 Å². The first kappa shape index (κ1) is 15.9. The number of nitrogens with two attached hydrogens (primary N) is 1. The molecule has 6 nitrogen and oxygen atoms in total. The molecule has 0 fully saturated rings. The van der Waals surface area contributed by atoms with Crippen molar-refractivity contribution in [1.82, 2.24) is 4.72 Å². The Morgan fingerprint density at radius 2 is 1.81 bits per heavy atom. The maximum atomic E-state index is 11.5. The first-order valence-electron chi connectivity index (χ1n) is 3.92. The zero-order valence-corrected chi connectivity index (χ0v) is 12.9. The van der Waals surface area contributed by atoms with E-state index in [0.717, 1.165) is 7.11 Å². The maximum absolute atomic E-state index is 11.5. The van der Waals surface area contributed by atoms with Crippen molar-refractivity contribution in [3.05, 3.63) is 24.3 Å². The second kappa shape index (κ2) is 6.57. The van der Waals surface area contributed by atoms with Gasteiger partial charge in [0.1, 0.15) is 0 Å². The van der Waals surface area contributed by atoms with Crippen LogP contribution >= 0.6 is 0 Å². The zero-order chi connectivity index (χ0) is 11.5. The van der Waals surface area contributed by atoms with Crippen LogP contribution in [0.5, 0.6) is 0 Å². The second-order valence-corrected chi connectivity index (χ2v) is 4.35. The van der Waals surface area contributed by atoms with E-state index in [1.165, 1.54) is 24.3 Å². The Morgan fingerprint density at radius 3 is 2.25 bits per heavy atom. The molecular formula is C8H10KN2O4S+. The molecule has 0 unspecified atom stereocenters. The summed E-state index contributed by atoms with van der Waals surface area (Å²) in [5, 5.41) is 0.